The molecule has 3 N–H and O–H groups in total. The Labute approximate surface area is 146 Å². The van der Waals surface area contributed by atoms with Crippen LogP contribution in [0.2, 0.25) is 0 Å². The van der Waals surface area contributed by atoms with Crippen LogP contribution in [0.3, 0.4) is 0 Å². The molecule has 24 heavy (non-hydrogen) atoms. The zero-order valence-electron chi connectivity index (χ0n) is 13.4. The minimum atomic E-state index is -3.68. The van der Waals surface area contributed by atoms with E-state index in [1.54, 1.807) is 23.9 Å². The summed E-state index contributed by atoms with van der Waals surface area (Å²) in [6.45, 7) is 2.05. The van der Waals surface area contributed by atoms with Crippen molar-refractivity contribution < 1.29 is 8.42 Å². The molecule has 0 fully saturated rings. The molecule has 0 unspecified atom stereocenters. The molecule has 0 aliphatic carbocycles. The summed E-state index contributed by atoms with van der Waals surface area (Å²) in [5.41, 5.74) is 5.25. The molecular formula is C18H18N2O2S2. The van der Waals surface area contributed by atoms with Crippen LogP contribution in [0.25, 0.3) is 22.4 Å². The van der Waals surface area contributed by atoms with Gasteiger partial charge in [-0.05, 0) is 54.1 Å². The molecule has 1 heterocycles. The number of aromatic nitrogens is 1. The summed E-state index contributed by atoms with van der Waals surface area (Å²) in [6, 6.07) is 15.0. The van der Waals surface area contributed by atoms with Gasteiger partial charge in [-0.25, -0.2) is 13.6 Å². The van der Waals surface area contributed by atoms with E-state index in [4.69, 9.17) is 5.14 Å². The number of sulfonamides is 1. The van der Waals surface area contributed by atoms with Gasteiger partial charge in [-0.1, -0.05) is 24.3 Å². The van der Waals surface area contributed by atoms with Gasteiger partial charge < -0.3 is 4.98 Å². The van der Waals surface area contributed by atoms with Crippen LogP contribution in [-0.2, 0) is 10.0 Å². The van der Waals surface area contributed by atoms with Crippen molar-refractivity contribution in [2.24, 2.45) is 5.14 Å². The Kier molecular flexibility index (Phi) is 4.54. The summed E-state index contributed by atoms with van der Waals surface area (Å²) in [7, 11) is -3.68. The number of aryl methyl sites for hydroxylation is 1. The molecule has 4 nitrogen and oxygen atoms in total. The Balaban J connectivity index is 2.06. The van der Waals surface area contributed by atoms with Crippen molar-refractivity contribution in [2.75, 3.05) is 6.26 Å². The molecule has 0 bridgehead atoms. The van der Waals surface area contributed by atoms with Crippen molar-refractivity contribution in [3.8, 4) is 22.4 Å². The lowest BCUT2D eigenvalue weighted by Gasteiger charge is -2.08. The quantitative estimate of drug-likeness (QED) is 0.692. The summed E-state index contributed by atoms with van der Waals surface area (Å²) in [6.07, 6.45) is 4.01. The van der Waals surface area contributed by atoms with Gasteiger partial charge in [0.15, 0.2) is 0 Å². The van der Waals surface area contributed by atoms with Gasteiger partial charge in [0.1, 0.15) is 0 Å². The van der Waals surface area contributed by atoms with Crippen LogP contribution in [0.15, 0.2) is 64.5 Å². The minimum absolute atomic E-state index is 0.111. The Morgan fingerprint density at radius 2 is 1.54 bits per heavy atom. The van der Waals surface area contributed by atoms with E-state index in [1.165, 1.54) is 17.0 Å². The summed E-state index contributed by atoms with van der Waals surface area (Å²) in [4.78, 5) is 4.62. The van der Waals surface area contributed by atoms with Crippen LogP contribution in [0.4, 0.5) is 0 Å². The number of nitrogens with one attached hydrogen (secondary N) is 1. The number of H-pyrrole nitrogens is 1. The van der Waals surface area contributed by atoms with Crippen LogP contribution in [-0.4, -0.2) is 19.7 Å². The first-order chi connectivity index (χ1) is 11.4. The number of primary sulfonamides is 1. The number of nitrogens with two attached hydrogens (primary N) is 1. The molecule has 0 spiro atoms. The number of hydrogen-bond donors (Lipinski definition) is 2. The van der Waals surface area contributed by atoms with Crippen LogP contribution in [0.1, 0.15) is 5.56 Å². The predicted molar refractivity (Wildman–Crippen MR) is 99.6 cm³/mol. The fourth-order valence-electron chi connectivity index (χ4n) is 2.69. The monoisotopic (exact) mass is 358 g/mol. The number of hydrogen-bond acceptors (Lipinski definition) is 3. The van der Waals surface area contributed by atoms with Gasteiger partial charge in [0, 0.05) is 16.7 Å². The highest BCUT2D eigenvalue weighted by atomic mass is 32.2. The van der Waals surface area contributed by atoms with Crippen molar-refractivity contribution in [3.63, 3.8) is 0 Å². The smallest absolute Gasteiger partial charge is 0.238 e. The molecule has 0 aliphatic heterocycles. The molecule has 0 amide bonds. The van der Waals surface area contributed by atoms with Crippen molar-refractivity contribution in [1.29, 1.82) is 0 Å². The molecule has 0 radical (unpaired) electrons. The number of thioether (sulfide) groups is 1. The van der Waals surface area contributed by atoms with E-state index < -0.39 is 10.0 Å². The van der Waals surface area contributed by atoms with Crippen molar-refractivity contribution in [1.82, 2.24) is 4.98 Å². The van der Waals surface area contributed by atoms with E-state index in [2.05, 4.69) is 42.4 Å². The van der Waals surface area contributed by atoms with Gasteiger partial charge in [0.25, 0.3) is 0 Å². The largest absolute Gasteiger partial charge is 0.360 e. The summed E-state index contributed by atoms with van der Waals surface area (Å²) < 4.78 is 22.8. The van der Waals surface area contributed by atoms with Crippen LogP contribution >= 0.6 is 11.8 Å². The second-order valence-corrected chi connectivity index (χ2v) is 7.96. The molecule has 6 heteroatoms. The number of rotatable bonds is 4. The highest BCUT2D eigenvalue weighted by Crippen LogP contribution is 2.35. The molecule has 0 saturated carbocycles. The van der Waals surface area contributed by atoms with E-state index in [9.17, 15) is 8.42 Å². The third-order valence-corrected chi connectivity index (χ3v) is 5.60. The molecule has 0 atom stereocenters. The Bertz CT molecular complexity index is 957. The zero-order valence-corrected chi connectivity index (χ0v) is 15.0. The standard InChI is InChI=1S/C18H18N2O2S2/c1-12-11-20-18(14-5-9-16(10-6-14)24(19,21)22)17(12)13-3-7-15(23-2)8-4-13/h3-11,20H,1-2H3,(H2,19,21,22). The van der Waals surface area contributed by atoms with Crippen molar-refractivity contribution in [3.05, 3.63) is 60.3 Å². The van der Waals surface area contributed by atoms with E-state index >= 15 is 0 Å². The first-order valence-corrected chi connectivity index (χ1v) is 10.1. The van der Waals surface area contributed by atoms with E-state index in [0.29, 0.717) is 0 Å². The van der Waals surface area contributed by atoms with Crippen molar-refractivity contribution >= 4 is 21.8 Å². The molecule has 3 aromatic rings. The summed E-state index contributed by atoms with van der Waals surface area (Å²) in [5, 5.41) is 5.16. The first-order valence-electron chi connectivity index (χ1n) is 7.36. The van der Waals surface area contributed by atoms with Gasteiger partial charge in [0.05, 0.1) is 10.6 Å². The average Bonchev–Trinajstić information content (AvgIpc) is 2.96. The summed E-state index contributed by atoms with van der Waals surface area (Å²) in [5.74, 6) is 0. The fraction of sp³-hybridized carbons (Fsp3) is 0.111. The van der Waals surface area contributed by atoms with Crippen LogP contribution < -0.4 is 5.14 Å². The Morgan fingerprint density at radius 1 is 0.958 bits per heavy atom. The lowest BCUT2D eigenvalue weighted by molar-refractivity contribution is 0.598. The normalized spacial score (nSPS) is 11.6. The number of aromatic amines is 1. The van der Waals surface area contributed by atoms with Crippen molar-refractivity contribution in [2.45, 2.75) is 16.7 Å². The van der Waals surface area contributed by atoms with Crippen LogP contribution in [0.5, 0.6) is 0 Å². The second-order valence-electron chi connectivity index (χ2n) is 5.52. The highest BCUT2D eigenvalue weighted by molar-refractivity contribution is 7.98. The Morgan fingerprint density at radius 3 is 2.08 bits per heavy atom. The molecule has 2 aromatic carbocycles. The topological polar surface area (TPSA) is 76.0 Å². The molecule has 3 rings (SSSR count). The average molecular weight is 358 g/mol. The van der Waals surface area contributed by atoms with Gasteiger partial charge in [0.2, 0.25) is 10.0 Å². The SMILES string of the molecule is CSc1ccc(-c2c(C)c[nH]c2-c2ccc(S(N)(=O)=O)cc2)cc1. The van der Waals surface area contributed by atoms with E-state index in [1.807, 2.05) is 6.20 Å². The molecule has 0 saturated heterocycles. The first kappa shape index (κ1) is 16.8. The maximum Gasteiger partial charge on any atom is 0.238 e. The third kappa shape index (κ3) is 3.26. The molecule has 0 aliphatic rings. The third-order valence-electron chi connectivity index (χ3n) is 3.93. The summed E-state index contributed by atoms with van der Waals surface area (Å²) >= 11 is 1.71. The van der Waals surface area contributed by atoms with E-state index in [-0.39, 0.29) is 4.90 Å². The Hall–Kier alpha value is -2.02. The lowest BCUT2D eigenvalue weighted by atomic mass is 9.98. The number of benzene rings is 2. The molecular weight excluding hydrogens is 340 g/mol. The van der Waals surface area contributed by atoms with Gasteiger partial charge in [-0.2, -0.15) is 0 Å². The minimum Gasteiger partial charge on any atom is -0.360 e. The second kappa shape index (κ2) is 6.47. The fourth-order valence-corrected chi connectivity index (χ4v) is 3.61. The van der Waals surface area contributed by atoms with Gasteiger partial charge in [-0.15, -0.1) is 11.8 Å². The molecule has 124 valence electrons. The molecule has 1 aromatic heterocycles. The predicted octanol–water partition coefficient (Wildman–Crippen LogP) is 4.03. The maximum atomic E-state index is 11.4. The van der Waals surface area contributed by atoms with Crippen LogP contribution in [0, 0.1) is 6.92 Å². The zero-order chi connectivity index (χ0) is 17.3. The van der Waals surface area contributed by atoms with Gasteiger partial charge >= 0.3 is 0 Å². The van der Waals surface area contributed by atoms with E-state index in [0.717, 1.165) is 27.9 Å². The maximum absolute atomic E-state index is 11.4. The lowest BCUT2D eigenvalue weighted by Crippen LogP contribution is -2.11. The van der Waals surface area contributed by atoms with Gasteiger partial charge in [-0.3, -0.25) is 0 Å². The highest BCUT2D eigenvalue weighted by Gasteiger charge is 2.14.